The number of hydrogen-bond donors (Lipinski definition) is 0. The van der Waals surface area contributed by atoms with Crippen molar-refractivity contribution in [3.63, 3.8) is 0 Å². The maximum Gasteiger partial charge on any atom is -0.0265 e. The number of hydrogen-bond acceptors (Lipinski definition) is 0. The minimum Gasteiger partial charge on any atom is -0.0883 e. The van der Waals surface area contributed by atoms with E-state index in [1.807, 2.05) is 0 Å². The molecule has 0 fully saturated rings. The highest BCUT2D eigenvalue weighted by Crippen LogP contribution is 2.07. The van der Waals surface area contributed by atoms with Gasteiger partial charge in [0, 0.05) is 0 Å². The molecule has 0 bridgehead atoms. The first-order valence-corrected chi connectivity index (χ1v) is 5.96. The predicted octanol–water partition coefficient (Wildman–Crippen LogP) is 5.12. The first-order chi connectivity index (χ1) is 6.66. The van der Waals surface area contributed by atoms with Gasteiger partial charge < -0.3 is 0 Å². The van der Waals surface area contributed by atoms with Crippen LogP contribution in [0.15, 0.2) is 23.8 Å². The van der Waals surface area contributed by atoms with Gasteiger partial charge in [-0.15, -0.1) is 0 Å². The molecule has 0 aliphatic heterocycles. The summed E-state index contributed by atoms with van der Waals surface area (Å²) >= 11 is 0. The molecule has 0 saturated heterocycles. The van der Waals surface area contributed by atoms with Gasteiger partial charge in [0.05, 0.1) is 0 Å². The van der Waals surface area contributed by atoms with Crippen molar-refractivity contribution >= 4 is 0 Å². The van der Waals surface area contributed by atoms with Crippen LogP contribution in [0.25, 0.3) is 0 Å². The van der Waals surface area contributed by atoms with E-state index in [0.29, 0.717) is 0 Å². The second kappa shape index (κ2) is 9.05. The Labute approximate surface area is 90.1 Å². The van der Waals surface area contributed by atoms with Gasteiger partial charge in [0.15, 0.2) is 0 Å². The minimum absolute atomic E-state index is 0.757. The second-order valence-electron chi connectivity index (χ2n) is 4.38. The third kappa shape index (κ3) is 9.57. The summed E-state index contributed by atoms with van der Waals surface area (Å²) in [4.78, 5) is 0. The highest BCUT2D eigenvalue weighted by molar-refractivity contribution is 4.92. The van der Waals surface area contributed by atoms with Gasteiger partial charge in [0.25, 0.3) is 0 Å². The van der Waals surface area contributed by atoms with E-state index in [0.717, 1.165) is 5.92 Å². The highest BCUT2D eigenvalue weighted by Gasteiger charge is 1.89. The molecule has 0 heterocycles. The predicted molar refractivity (Wildman–Crippen MR) is 66.5 cm³/mol. The normalized spacial score (nSPS) is 13.1. The molecule has 1 unspecified atom stereocenters. The molecule has 0 aromatic carbocycles. The van der Waals surface area contributed by atoms with Crippen LogP contribution in [-0.4, -0.2) is 0 Å². The van der Waals surface area contributed by atoms with E-state index in [1.54, 1.807) is 0 Å². The van der Waals surface area contributed by atoms with Gasteiger partial charge in [-0.05, 0) is 45.4 Å². The summed E-state index contributed by atoms with van der Waals surface area (Å²) < 4.78 is 0. The van der Waals surface area contributed by atoms with E-state index in [-0.39, 0.29) is 0 Å². The van der Waals surface area contributed by atoms with Crippen molar-refractivity contribution in [2.24, 2.45) is 5.92 Å². The second-order valence-corrected chi connectivity index (χ2v) is 4.38. The maximum atomic E-state index is 2.35. The first kappa shape index (κ1) is 13.5. The molecule has 0 N–H and O–H groups in total. The van der Waals surface area contributed by atoms with Crippen molar-refractivity contribution in [1.29, 1.82) is 0 Å². The van der Waals surface area contributed by atoms with E-state index in [2.05, 4.69) is 45.9 Å². The van der Waals surface area contributed by atoms with E-state index in [9.17, 15) is 0 Å². The molecule has 0 nitrogen and oxygen atoms in total. The van der Waals surface area contributed by atoms with Gasteiger partial charge in [-0.25, -0.2) is 0 Å². The van der Waals surface area contributed by atoms with Crippen LogP contribution in [0.3, 0.4) is 0 Å². The standard InChI is InChI=1S/C14H26/c1-5-14(4)12-10-8-6-7-9-11-13(2)3/h10-12,14H,5-9H2,1-4H3/b12-10+. The lowest BCUT2D eigenvalue weighted by atomic mass is 10.1. The molecule has 14 heavy (non-hydrogen) atoms. The van der Waals surface area contributed by atoms with Crippen molar-refractivity contribution in [3.05, 3.63) is 23.8 Å². The molecule has 0 aliphatic carbocycles. The van der Waals surface area contributed by atoms with E-state index in [1.165, 1.54) is 37.7 Å². The number of allylic oxidation sites excluding steroid dienone is 4. The molecule has 0 radical (unpaired) electrons. The van der Waals surface area contributed by atoms with Crippen LogP contribution in [0.5, 0.6) is 0 Å². The van der Waals surface area contributed by atoms with Crippen LogP contribution < -0.4 is 0 Å². The molecule has 0 aromatic rings. The highest BCUT2D eigenvalue weighted by atomic mass is 14.0. The van der Waals surface area contributed by atoms with Crippen LogP contribution in [0.2, 0.25) is 0 Å². The lowest BCUT2D eigenvalue weighted by Gasteiger charge is -1.99. The molecule has 1 atom stereocenters. The lowest BCUT2D eigenvalue weighted by molar-refractivity contribution is 0.689. The summed E-state index contributed by atoms with van der Waals surface area (Å²) in [7, 11) is 0. The van der Waals surface area contributed by atoms with E-state index in [4.69, 9.17) is 0 Å². The molecule has 0 saturated carbocycles. The zero-order valence-corrected chi connectivity index (χ0v) is 10.3. The van der Waals surface area contributed by atoms with Crippen LogP contribution in [0, 0.1) is 5.92 Å². The van der Waals surface area contributed by atoms with Crippen LogP contribution in [-0.2, 0) is 0 Å². The Morgan fingerprint density at radius 3 is 2.36 bits per heavy atom. The summed E-state index contributed by atoms with van der Waals surface area (Å²) in [5.41, 5.74) is 1.44. The zero-order chi connectivity index (χ0) is 10.8. The van der Waals surface area contributed by atoms with Gasteiger partial charge >= 0.3 is 0 Å². The monoisotopic (exact) mass is 194 g/mol. The van der Waals surface area contributed by atoms with Crippen molar-refractivity contribution in [1.82, 2.24) is 0 Å². The topological polar surface area (TPSA) is 0 Å². The molecule has 0 spiro atoms. The van der Waals surface area contributed by atoms with Crippen LogP contribution >= 0.6 is 0 Å². The molecule has 0 amide bonds. The van der Waals surface area contributed by atoms with Gasteiger partial charge in [-0.1, -0.05) is 44.1 Å². The van der Waals surface area contributed by atoms with Crippen LogP contribution in [0.1, 0.15) is 59.8 Å². The van der Waals surface area contributed by atoms with Crippen molar-refractivity contribution in [3.8, 4) is 0 Å². The Kier molecular flexibility index (Phi) is 8.72. The molecule has 82 valence electrons. The Morgan fingerprint density at radius 1 is 1.14 bits per heavy atom. The Morgan fingerprint density at radius 2 is 1.79 bits per heavy atom. The van der Waals surface area contributed by atoms with Crippen molar-refractivity contribution < 1.29 is 0 Å². The smallest absolute Gasteiger partial charge is 0.0265 e. The fourth-order valence-electron chi connectivity index (χ4n) is 1.26. The van der Waals surface area contributed by atoms with Gasteiger partial charge in [-0.2, -0.15) is 0 Å². The largest absolute Gasteiger partial charge is 0.0883 e. The zero-order valence-electron chi connectivity index (χ0n) is 10.3. The van der Waals surface area contributed by atoms with E-state index >= 15 is 0 Å². The first-order valence-electron chi connectivity index (χ1n) is 5.96. The number of unbranched alkanes of at least 4 members (excludes halogenated alkanes) is 3. The minimum atomic E-state index is 0.757. The number of rotatable bonds is 7. The summed E-state index contributed by atoms with van der Waals surface area (Å²) in [5.74, 6) is 0.757. The summed E-state index contributed by atoms with van der Waals surface area (Å²) in [6, 6.07) is 0. The quantitative estimate of drug-likeness (QED) is 0.390. The molecule has 0 heteroatoms. The van der Waals surface area contributed by atoms with Gasteiger partial charge in [-0.3, -0.25) is 0 Å². The Bertz CT molecular complexity index is 170. The van der Waals surface area contributed by atoms with Gasteiger partial charge in [0.2, 0.25) is 0 Å². The maximum absolute atomic E-state index is 2.35. The average molecular weight is 194 g/mol. The third-order valence-electron chi connectivity index (χ3n) is 2.49. The molecular formula is C14H26. The average Bonchev–Trinajstić information content (AvgIpc) is 2.15. The fourth-order valence-corrected chi connectivity index (χ4v) is 1.26. The third-order valence-corrected chi connectivity index (χ3v) is 2.49. The Hall–Kier alpha value is -0.520. The van der Waals surface area contributed by atoms with Gasteiger partial charge in [0.1, 0.15) is 0 Å². The lowest BCUT2D eigenvalue weighted by Crippen LogP contribution is -1.83. The molecule has 0 rings (SSSR count). The molecular weight excluding hydrogens is 168 g/mol. The van der Waals surface area contributed by atoms with Crippen molar-refractivity contribution in [2.45, 2.75) is 59.8 Å². The SMILES string of the molecule is CCC(C)/C=C/CCCCC=C(C)C. The van der Waals surface area contributed by atoms with E-state index < -0.39 is 0 Å². The summed E-state index contributed by atoms with van der Waals surface area (Å²) in [6.45, 7) is 8.86. The fraction of sp³-hybridized carbons (Fsp3) is 0.714. The summed E-state index contributed by atoms with van der Waals surface area (Å²) in [6.07, 6.45) is 13.4. The van der Waals surface area contributed by atoms with Crippen molar-refractivity contribution in [2.75, 3.05) is 0 Å². The molecule has 0 aliphatic rings. The van der Waals surface area contributed by atoms with Crippen LogP contribution in [0.4, 0.5) is 0 Å². The summed E-state index contributed by atoms with van der Waals surface area (Å²) in [5, 5.41) is 0. The Balaban J connectivity index is 3.29. The molecule has 0 aromatic heterocycles.